The Labute approximate surface area is 237 Å². The number of carbonyl (C=O) groups is 2. The Morgan fingerprint density at radius 3 is 2.26 bits per heavy atom. The number of H-pyrrole nitrogens is 1. The number of amides is 2. The summed E-state index contributed by atoms with van der Waals surface area (Å²) in [6.45, 7) is 14.3. The van der Waals surface area contributed by atoms with E-state index in [1.807, 2.05) is 60.7 Å². The molecule has 1 fully saturated rings. The van der Waals surface area contributed by atoms with Crippen LogP contribution in [0.2, 0.25) is 5.02 Å². The van der Waals surface area contributed by atoms with E-state index in [0.717, 1.165) is 54.7 Å². The van der Waals surface area contributed by atoms with Crippen LogP contribution >= 0.6 is 11.6 Å². The van der Waals surface area contributed by atoms with Gasteiger partial charge in [0.1, 0.15) is 5.60 Å². The van der Waals surface area contributed by atoms with E-state index in [0.29, 0.717) is 16.1 Å². The van der Waals surface area contributed by atoms with Crippen molar-refractivity contribution in [2.75, 3.05) is 18.5 Å². The van der Waals surface area contributed by atoms with Crippen LogP contribution in [0.15, 0.2) is 23.0 Å². The number of pyridine rings is 1. The Bertz CT molecular complexity index is 1260. The zero-order valence-corrected chi connectivity index (χ0v) is 25.3. The Kier molecular flexibility index (Phi) is 9.75. The topological polar surface area (TPSA) is 94.7 Å². The molecule has 9 heteroatoms. The number of ether oxygens (including phenoxy) is 1. The van der Waals surface area contributed by atoms with Crippen molar-refractivity contribution in [3.8, 4) is 0 Å². The number of carbonyl (C=O) groups excluding carboxylic acids is 2. The number of aromatic amines is 1. The summed E-state index contributed by atoms with van der Waals surface area (Å²) in [5.74, 6) is -0.269. The van der Waals surface area contributed by atoms with Crippen LogP contribution in [-0.2, 0) is 11.3 Å². The molecule has 1 aromatic carbocycles. The van der Waals surface area contributed by atoms with Gasteiger partial charge in [-0.1, -0.05) is 11.6 Å². The third-order valence-corrected chi connectivity index (χ3v) is 7.71. The Morgan fingerprint density at radius 2 is 1.69 bits per heavy atom. The number of rotatable bonds is 7. The lowest BCUT2D eigenvalue weighted by molar-refractivity contribution is 0.0183. The van der Waals surface area contributed by atoms with E-state index in [4.69, 9.17) is 16.3 Å². The molecule has 1 heterocycles. The molecular weight excluding hydrogens is 516 g/mol. The number of aryl methyl sites for hydroxylation is 2. The summed E-state index contributed by atoms with van der Waals surface area (Å²) in [5.41, 5.74) is 3.72. The molecule has 8 nitrogen and oxygen atoms in total. The number of halogens is 1. The highest BCUT2D eigenvalue weighted by atomic mass is 35.5. The van der Waals surface area contributed by atoms with Crippen molar-refractivity contribution in [2.24, 2.45) is 0 Å². The molecule has 0 unspecified atom stereocenters. The average molecular weight is 559 g/mol. The molecule has 2 amide bonds. The maximum Gasteiger partial charge on any atom is 0.410 e. The Balaban J connectivity index is 1.74. The normalized spacial score (nSPS) is 17.5. The maximum absolute atomic E-state index is 13.3. The van der Waals surface area contributed by atoms with E-state index < -0.39 is 5.60 Å². The molecular formula is C30H43ClN4O4. The van der Waals surface area contributed by atoms with Gasteiger partial charge in [0.2, 0.25) is 0 Å². The molecule has 214 valence electrons. The SMILES string of the molecule is CCN(c1cc(Cl)cc(C(=O)NCc2c(C)cc(C)[nH]c2=O)c1C)C1CCC(N(C)C(=O)OC(C)(C)C)CC1. The van der Waals surface area contributed by atoms with Crippen molar-refractivity contribution in [1.29, 1.82) is 0 Å². The second kappa shape index (κ2) is 12.5. The van der Waals surface area contributed by atoms with Gasteiger partial charge in [-0.25, -0.2) is 4.79 Å². The van der Waals surface area contributed by atoms with Crippen molar-refractivity contribution in [1.82, 2.24) is 15.2 Å². The summed E-state index contributed by atoms with van der Waals surface area (Å²) < 4.78 is 5.55. The molecule has 0 radical (unpaired) electrons. The van der Waals surface area contributed by atoms with Crippen LogP contribution in [0.1, 0.15) is 86.1 Å². The lowest BCUT2D eigenvalue weighted by Gasteiger charge is -2.41. The summed E-state index contributed by atoms with van der Waals surface area (Å²) in [7, 11) is 1.81. The predicted octanol–water partition coefficient (Wildman–Crippen LogP) is 5.89. The first-order valence-corrected chi connectivity index (χ1v) is 14.1. The predicted molar refractivity (Wildman–Crippen MR) is 157 cm³/mol. The molecule has 2 aromatic rings. The lowest BCUT2D eigenvalue weighted by Crippen LogP contribution is -2.46. The summed E-state index contributed by atoms with van der Waals surface area (Å²) in [6, 6.07) is 5.89. The van der Waals surface area contributed by atoms with Gasteiger partial charge in [0, 0.05) is 59.8 Å². The molecule has 0 bridgehead atoms. The minimum absolute atomic E-state index is 0.130. The van der Waals surface area contributed by atoms with Crippen molar-refractivity contribution in [2.45, 2.75) is 98.4 Å². The molecule has 0 atom stereocenters. The fourth-order valence-electron chi connectivity index (χ4n) is 5.43. The van der Waals surface area contributed by atoms with Crippen LogP contribution in [0.25, 0.3) is 0 Å². The summed E-state index contributed by atoms with van der Waals surface area (Å²) in [6.07, 6.45) is 3.27. The number of hydrogen-bond donors (Lipinski definition) is 2. The summed E-state index contributed by atoms with van der Waals surface area (Å²) in [5, 5.41) is 3.40. The molecule has 39 heavy (non-hydrogen) atoms. The number of aromatic nitrogens is 1. The molecule has 1 saturated carbocycles. The Hall–Kier alpha value is -3.00. The monoisotopic (exact) mass is 558 g/mol. The second-order valence-corrected chi connectivity index (χ2v) is 12.0. The summed E-state index contributed by atoms with van der Waals surface area (Å²) >= 11 is 6.52. The van der Waals surface area contributed by atoms with Gasteiger partial charge in [0.25, 0.3) is 11.5 Å². The smallest absolute Gasteiger partial charge is 0.410 e. The van der Waals surface area contributed by atoms with E-state index in [2.05, 4.69) is 22.1 Å². The van der Waals surface area contributed by atoms with E-state index in [-0.39, 0.29) is 36.2 Å². The van der Waals surface area contributed by atoms with Crippen LogP contribution in [0.5, 0.6) is 0 Å². The number of hydrogen-bond acceptors (Lipinski definition) is 5. The summed E-state index contributed by atoms with van der Waals surface area (Å²) in [4.78, 5) is 45.0. The van der Waals surface area contributed by atoms with Crippen molar-refractivity contribution in [3.05, 3.63) is 61.5 Å². The van der Waals surface area contributed by atoms with Gasteiger partial charge in [-0.2, -0.15) is 0 Å². The molecule has 3 rings (SSSR count). The van der Waals surface area contributed by atoms with E-state index in [9.17, 15) is 14.4 Å². The van der Waals surface area contributed by atoms with E-state index in [1.165, 1.54) is 0 Å². The van der Waals surface area contributed by atoms with Crippen LogP contribution in [0, 0.1) is 20.8 Å². The largest absolute Gasteiger partial charge is 0.444 e. The van der Waals surface area contributed by atoms with Crippen molar-refractivity contribution >= 4 is 29.3 Å². The van der Waals surface area contributed by atoms with Gasteiger partial charge < -0.3 is 24.8 Å². The third-order valence-electron chi connectivity index (χ3n) is 7.50. The molecule has 1 aliphatic rings. The molecule has 1 aromatic heterocycles. The first-order valence-electron chi connectivity index (χ1n) is 13.7. The molecule has 0 aliphatic heterocycles. The van der Waals surface area contributed by atoms with Crippen LogP contribution in [-0.4, -0.2) is 53.2 Å². The molecule has 1 aliphatic carbocycles. The second-order valence-electron chi connectivity index (χ2n) is 11.6. The standard InChI is InChI=1S/C30H43ClN4O4/c1-9-35(23-12-10-22(11-13-23)34(8)29(38)39-30(5,6)7)26-16-21(31)15-24(20(26)4)27(36)32-17-25-18(2)14-19(3)33-28(25)37/h14-16,22-23H,9-13,17H2,1-8H3,(H,32,36)(H,33,37). The molecule has 2 N–H and O–H groups in total. The number of nitrogens with one attached hydrogen (secondary N) is 2. The highest BCUT2D eigenvalue weighted by Crippen LogP contribution is 2.34. The van der Waals surface area contributed by atoms with Crippen molar-refractivity contribution < 1.29 is 14.3 Å². The van der Waals surface area contributed by atoms with Gasteiger partial charge in [0.05, 0.1) is 0 Å². The van der Waals surface area contributed by atoms with Crippen LogP contribution < -0.4 is 15.8 Å². The highest BCUT2D eigenvalue weighted by molar-refractivity contribution is 6.31. The fraction of sp³-hybridized carbons (Fsp3) is 0.567. The number of nitrogens with zero attached hydrogens (tertiary/aromatic N) is 2. The number of anilines is 1. The van der Waals surface area contributed by atoms with Gasteiger partial charge in [-0.3, -0.25) is 9.59 Å². The van der Waals surface area contributed by atoms with Crippen LogP contribution in [0.4, 0.5) is 10.5 Å². The Morgan fingerprint density at radius 1 is 1.08 bits per heavy atom. The first-order chi connectivity index (χ1) is 18.2. The van der Waals surface area contributed by atoms with Crippen molar-refractivity contribution in [3.63, 3.8) is 0 Å². The van der Waals surface area contributed by atoms with Gasteiger partial charge in [-0.15, -0.1) is 0 Å². The zero-order chi connectivity index (χ0) is 29.1. The lowest BCUT2D eigenvalue weighted by atomic mass is 9.88. The van der Waals surface area contributed by atoms with Gasteiger partial charge in [-0.05, 0) is 103 Å². The fourth-order valence-corrected chi connectivity index (χ4v) is 5.64. The van der Waals surface area contributed by atoms with Crippen LogP contribution in [0.3, 0.4) is 0 Å². The molecule has 0 saturated heterocycles. The minimum atomic E-state index is -0.523. The maximum atomic E-state index is 13.3. The quantitative estimate of drug-likeness (QED) is 0.442. The van der Waals surface area contributed by atoms with E-state index >= 15 is 0 Å². The van der Waals surface area contributed by atoms with E-state index in [1.54, 1.807) is 11.0 Å². The average Bonchev–Trinajstić information content (AvgIpc) is 2.84. The first kappa shape index (κ1) is 30.5. The minimum Gasteiger partial charge on any atom is -0.444 e. The number of benzene rings is 1. The molecule has 0 spiro atoms. The van der Waals surface area contributed by atoms with Gasteiger partial charge >= 0.3 is 6.09 Å². The highest BCUT2D eigenvalue weighted by Gasteiger charge is 2.32. The zero-order valence-electron chi connectivity index (χ0n) is 24.5. The van der Waals surface area contributed by atoms with Gasteiger partial charge in [0.15, 0.2) is 0 Å². The third kappa shape index (κ3) is 7.56.